The van der Waals surface area contributed by atoms with E-state index in [2.05, 4.69) is 41.6 Å². The molecule has 1 heterocycles. The van der Waals surface area contributed by atoms with Crippen LogP contribution in [0.5, 0.6) is 5.75 Å². The number of esters is 1. The van der Waals surface area contributed by atoms with Crippen LogP contribution in [-0.4, -0.2) is 24.8 Å². The quantitative estimate of drug-likeness (QED) is 0.223. The molecule has 0 aliphatic heterocycles. The highest BCUT2D eigenvalue weighted by Gasteiger charge is 2.26. The lowest BCUT2D eigenvalue weighted by molar-refractivity contribution is 0.0525. The first-order valence-electron chi connectivity index (χ1n) is 10.9. The van der Waals surface area contributed by atoms with Crippen LogP contribution in [0.4, 0.5) is 0 Å². The standard InChI is InChI=1S/C28H23NO4/c1-4-32-28(30)24-17(2)33-29-27(24)26-22-11-7-5-9-20(22)25(21-10-6-8-12-23(21)26)18-13-15-19(31-3)16-14-18/h5-16H,4H2,1-3H3. The molecule has 0 N–H and O–H groups in total. The van der Waals surface area contributed by atoms with Crippen LogP contribution in [-0.2, 0) is 4.74 Å². The predicted octanol–water partition coefficient (Wildman–Crippen LogP) is 6.81. The fraction of sp³-hybridized carbons (Fsp3) is 0.143. The van der Waals surface area contributed by atoms with E-state index in [1.54, 1.807) is 21.0 Å². The van der Waals surface area contributed by atoms with Crippen LogP contribution >= 0.6 is 0 Å². The summed E-state index contributed by atoms with van der Waals surface area (Å²) >= 11 is 0. The maximum Gasteiger partial charge on any atom is 0.344 e. The lowest BCUT2D eigenvalue weighted by atomic mass is 9.86. The summed E-state index contributed by atoms with van der Waals surface area (Å²) < 4.78 is 16.2. The number of methoxy groups -OCH3 is 1. The highest BCUT2D eigenvalue weighted by molar-refractivity contribution is 6.22. The first-order valence-corrected chi connectivity index (χ1v) is 10.9. The molecule has 4 aromatic carbocycles. The van der Waals surface area contributed by atoms with Crippen molar-refractivity contribution in [2.75, 3.05) is 13.7 Å². The zero-order valence-electron chi connectivity index (χ0n) is 18.7. The number of fused-ring (bicyclic) bond motifs is 2. The smallest absolute Gasteiger partial charge is 0.344 e. The number of rotatable bonds is 5. The molecule has 0 spiro atoms. The summed E-state index contributed by atoms with van der Waals surface area (Å²) in [7, 11) is 1.66. The summed E-state index contributed by atoms with van der Waals surface area (Å²) in [6, 6.07) is 24.4. The monoisotopic (exact) mass is 437 g/mol. The van der Waals surface area contributed by atoms with Gasteiger partial charge in [0.1, 0.15) is 22.8 Å². The highest BCUT2D eigenvalue weighted by atomic mass is 16.5. The van der Waals surface area contributed by atoms with E-state index in [0.29, 0.717) is 17.0 Å². The minimum atomic E-state index is -0.432. The number of aryl methyl sites for hydroxylation is 1. The van der Waals surface area contributed by atoms with Crippen LogP contribution in [0.3, 0.4) is 0 Å². The van der Waals surface area contributed by atoms with E-state index in [-0.39, 0.29) is 6.61 Å². The molecule has 1 aromatic heterocycles. The Kier molecular flexibility index (Phi) is 5.31. The highest BCUT2D eigenvalue weighted by Crippen LogP contribution is 2.44. The van der Waals surface area contributed by atoms with E-state index < -0.39 is 5.97 Å². The number of nitrogens with zero attached hydrogens (tertiary/aromatic N) is 1. The van der Waals surface area contributed by atoms with Crippen molar-refractivity contribution in [3.63, 3.8) is 0 Å². The maximum absolute atomic E-state index is 12.8. The van der Waals surface area contributed by atoms with Crippen molar-refractivity contribution in [3.05, 3.63) is 84.1 Å². The molecule has 0 aliphatic rings. The first kappa shape index (κ1) is 20.8. The average Bonchev–Trinajstić information content (AvgIpc) is 3.23. The molecule has 0 unspecified atom stereocenters. The van der Waals surface area contributed by atoms with Gasteiger partial charge in [0, 0.05) is 5.56 Å². The Labute approximate surface area is 191 Å². The van der Waals surface area contributed by atoms with Gasteiger partial charge in [-0.15, -0.1) is 0 Å². The lowest BCUT2D eigenvalue weighted by Crippen LogP contribution is -2.07. The van der Waals surface area contributed by atoms with E-state index in [1.807, 2.05) is 36.4 Å². The zero-order chi connectivity index (χ0) is 22.9. The van der Waals surface area contributed by atoms with Gasteiger partial charge >= 0.3 is 5.97 Å². The molecule has 0 fully saturated rings. The van der Waals surface area contributed by atoms with Crippen molar-refractivity contribution in [1.29, 1.82) is 0 Å². The van der Waals surface area contributed by atoms with Gasteiger partial charge in [-0.3, -0.25) is 0 Å². The Morgan fingerprint density at radius 1 is 0.848 bits per heavy atom. The number of aromatic nitrogens is 1. The van der Waals surface area contributed by atoms with E-state index in [0.717, 1.165) is 44.0 Å². The minimum absolute atomic E-state index is 0.279. The van der Waals surface area contributed by atoms with E-state index >= 15 is 0 Å². The Hall–Kier alpha value is -4.12. The van der Waals surface area contributed by atoms with Crippen LogP contribution in [0.25, 0.3) is 43.9 Å². The number of hydrogen-bond donors (Lipinski definition) is 0. The van der Waals surface area contributed by atoms with Gasteiger partial charge < -0.3 is 14.0 Å². The largest absolute Gasteiger partial charge is 0.497 e. The Bertz CT molecular complexity index is 1420. The second kappa shape index (κ2) is 8.43. The van der Waals surface area contributed by atoms with Gasteiger partial charge in [0.15, 0.2) is 0 Å². The third-order valence-corrected chi connectivity index (χ3v) is 5.89. The van der Waals surface area contributed by atoms with Gasteiger partial charge in [-0.25, -0.2) is 4.79 Å². The summed E-state index contributed by atoms with van der Waals surface area (Å²) in [5, 5.41) is 8.42. The van der Waals surface area contributed by atoms with E-state index in [1.165, 1.54) is 0 Å². The number of benzene rings is 4. The molecule has 0 radical (unpaired) electrons. The molecule has 0 bridgehead atoms. The minimum Gasteiger partial charge on any atom is -0.497 e. The molecule has 0 saturated heterocycles. The van der Waals surface area contributed by atoms with Crippen molar-refractivity contribution in [2.45, 2.75) is 13.8 Å². The van der Waals surface area contributed by atoms with Gasteiger partial charge in [0.25, 0.3) is 0 Å². The second-order valence-electron chi connectivity index (χ2n) is 7.75. The van der Waals surface area contributed by atoms with Crippen LogP contribution in [0.2, 0.25) is 0 Å². The van der Waals surface area contributed by atoms with E-state index in [4.69, 9.17) is 14.0 Å². The van der Waals surface area contributed by atoms with Crippen LogP contribution in [0, 0.1) is 6.92 Å². The van der Waals surface area contributed by atoms with Gasteiger partial charge in [0.2, 0.25) is 0 Å². The molecular formula is C28H23NO4. The number of carbonyl (C=O) groups excluding carboxylic acids is 1. The maximum atomic E-state index is 12.8. The number of ether oxygens (including phenoxy) is 2. The molecule has 5 rings (SSSR count). The van der Waals surface area contributed by atoms with Gasteiger partial charge in [-0.1, -0.05) is 65.8 Å². The number of carbonyl (C=O) groups is 1. The van der Waals surface area contributed by atoms with Gasteiger partial charge in [-0.2, -0.15) is 0 Å². The predicted molar refractivity (Wildman–Crippen MR) is 130 cm³/mol. The third kappa shape index (κ3) is 3.42. The van der Waals surface area contributed by atoms with Crippen LogP contribution in [0.1, 0.15) is 23.0 Å². The van der Waals surface area contributed by atoms with Gasteiger partial charge in [0.05, 0.1) is 13.7 Å². The van der Waals surface area contributed by atoms with Crippen LogP contribution in [0.15, 0.2) is 77.3 Å². The summed E-state index contributed by atoms with van der Waals surface area (Å²) in [6.45, 7) is 3.80. The van der Waals surface area contributed by atoms with Crippen molar-refractivity contribution >= 4 is 27.5 Å². The van der Waals surface area contributed by atoms with Crippen molar-refractivity contribution < 1.29 is 18.8 Å². The first-order chi connectivity index (χ1) is 16.1. The topological polar surface area (TPSA) is 61.6 Å². The summed E-state index contributed by atoms with van der Waals surface area (Å²) in [5.74, 6) is 0.815. The molecular weight excluding hydrogens is 414 g/mol. The normalized spacial score (nSPS) is 11.1. The van der Waals surface area contributed by atoms with Gasteiger partial charge in [-0.05, 0) is 58.7 Å². The van der Waals surface area contributed by atoms with E-state index in [9.17, 15) is 4.79 Å². The third-order valence-electron chi connectivity index (χ3n) is 5.89. The molecule has 33 heavy (non-hydrogen) atoms. The zero-order valence-corrected chi connectivity index (χ0v) is 18.7. The molecule has 0 aliphatic carbocycles. The molecule has 0 amide bonds. The molecule has 5 aromatic rings. The average molecular weight is 437 g/mol. The Balaban J connectivity index is 1.89. The molecule has 0 saturated carbocycles. The summed E-state index contributed by atoms with van der Waals surface area (Å²) in [6.07, 6.45) is 0. The molecule has 5 heteroatoms. The molecule has 0 atom stereocenters. The van der Waals surface area contributed by atoms with Crippen molar-refractivity contribution in [1.82, 2.24) is 5.16 Å². The summed E-state index contributed by atoms with van der Waals surface area (Å²) in [5.41, 5.74) is 3.92. The molecule has 164 valence electrons. The Morgan fingerprint density at radius 3 is 1.91 bits per heavy atom. The Morgan fingerprint density at radius 2 is 1.39 bits per heavy atom. The van der Waals surface area contributed by atoms with Crippen molar-refractivity contribution in [2.24, 2.45) is 0 Å². The number of hydrogen-bond acceptors (Lipinski definition) is 5. The summed E-state index contributed by atoms with van der Waals surface area (Å²) in [4.78, 5) is 12.8. The SMILES string of the molecule is CCOC(=O)c1c(-c2c3ccccc3c(-c3ccc(OC)cc3)c3ccccc23)noc1C. The lowest BCUT2D eigenvalue weighted by Gasteiger charge is -2.17. The van der Waals surface area contributed by atoms with Crippen molar-refractivity contribution in [3.8, 4) is 28.1 Å². The molecule has 5 nitrogen and oxygen atoms in total. The second-order valence-corrected chi connectivity index (χ2v) is 7.75. The van der Waals surface area contributed by atoms with Crippen LogP contribution < -0.4 is 4.74 Å². The fourth-order valence-corrected chi connectivity index (χ4v) is 4.44. The fourth-order valence-electron chi connectivity index (χ4n) is 4.44.